The third-order valence-corrected chi connectivity index (χ3v) is 1.74. The normalized spacial score (nSPS) is 9.83. The van der Waals surface area contributed by atoms with E-state index < -0.39 is 0 Å². The Balaban J connectivity index is 3.03. The topological polar surface area (TPSA) is 26.0 Å². The lowest BCUT2D eigenvalue weighted by Crippen LogP contribution is -2.04. The molecule has 0 aliphatic rings. The Morgan fingerprint density at radius 2 is 2.25 bits per heavy atom. The van der Waals surface area contributed by atoms with E-state index in [9.17, 15) is 4.39 Å². The molecule has 12 heavy (non-hydrogen) atoms. The summed E-state index contributed by atoms with van der Waals surface area (Å²) in [5.74, 6) is -0.218. The van der Waals surface area contributed by atoms with Gasteiger partial charge in [0.05, 0.1) is 0 Å². The van der Waals surface area contributed by atoms with Gasteiger partial charge < -0.3 is 5.73 Å². The Kier molecular flexibility index (Phi) is 3.00. The van der Waals surface area contributed by atoms with E-state index in [-0.39, 0.29) is 5.82 Å². The molecule has 1 rings (SSSR count). The molecule has 0 radical (unpaired) electrons. The second kappa shape index (κ2) is 4.02. The van der Waals surface area contributed by atoms with Gasteiger partial charge in [0.15, 0.2) is 0 Å². The maximum absolute atomic E-state index is 12.7. The van der Waals surface area contributed by atoms with Crippen LogP contribution in [0.3, 0.4) is 0 Å². The van der Waals surface area contributed by atoms with Crippen LogP contribution in [0.5, 0.6) is 0 Å². The zero-order valence-electron chi connectivity index (χ0n) is 6.89. The molecule has 0 atom stereocenters. The van der Waals surface area contributed by atoms with Crippen LogP contribution >= 0.6 is 0 Å². The molecule has 0 aliphatic carbocycles. The summed E-state index contributed by atoms with van der Waals surface area (Å²) < 4.78 is 12.7. The molecular weight excluding hydrogens is 153 g/mol. The SMILES string of the molecule is C=Cc1ccc(F)cc1CCN. The first-order valence-corrected chi connectivity index (χ1v) is 3.89. The Morgan fingerprint density at radius 1 is 1.50 bits per heavy atom. The number of rotatable bonds is 3. The van der Waals surface area contributed by atoms with Crippen LogP contribution in [0, 0.1) is 5.82 Å². The molecule has 0 saturated heterocycles. The van der Waals surface area contributed by atoms with E-state index in [1.807, 2.05) is 0 Å². The van der Waals surface area contributed by atoms with Crippen LogP contribution in [0.25, 0.3) is 6.08 Å². The van der Waals surface area contributed by atoms with Gasteiger partial charge >= 0.3 is 0 Å². The minimum atomic E-state index is -0.218. The van der Waals surface area contributed by atoms with Crippen molar-refractivity contribution >= 4 is 6.08 Å². The summed E-state index contributed by atoms with van der Waals surface area (Å²) in [6, 6.07) is 4.65. The van der Waals surface area contributed by atoms with Gasteiger partial charge in [0.2, 0.25) is 0 Å². The van der Waals surface area contributed by atoms with Gasteiger partial charge in [0.1, 0.15) is 5.82 Å². The maximum atomic E-state index is 12.7. The summed E-state index contributed by atoms with van der Waals surface area (Å²) in [5.41, 5.74) is 7.26. The summed E-state index contributed by atoms with van der Waals surface area (Å²) in [6.07, 6.45) is 2.41. The smallest absolute Gasteiger partial charge is 0.123 e. The minimum Gasteiger partial charge on any atom is -0.330 e. The Hall–Kier alpha value is -1.15. The number of benzene rings is 1. The number of nitrogens with two attached hydrogens (primary N) is 1. The Morgan fingerprint density at radius 3 is 2.83 bits per heavy atom. The van der Waals surface area contributed by atoms with Gasteiger partial charge in [0, 0.05) is 0 Å². The zero-order chi connectivity index (χ0) is 8.97. The molecule has 0 aromatic heterocycles. The zero-order valence-corrected chi connectivity index (χ0v) is 6.89. The lowest BCUT2D eigenvalue weighted by atomic mass is 10.0. The first-order valence-electron chi connectivity index (χ1n) is 3.89. The molecule has 0 aliphatic heterocycles. The van der Waals surface area contributed by atoms with Crippen molar-refractivity contribution in [1.29, 1.82) is 0 Å². The second-order valence-corrected chi connectivity index (χ2v) is 2.59. The van der Waals surface area contributed by atoms with Crippen molar-refractivity contribution in [2.45, 2.75) is 6.42 Å². The van der Waals surface area contributed by atoms with Crippen LogP contribution in [-0.2, 0) is 6.42 Å². The molecule has 0 saturated carbocycles. The van der Waals surface area contributed by atoms with Gasteiger partial charge in [-0.25, -0.2) is 4.39 Å². The van der Waals surface area contributed by atoms with E-state index in [1.165, 1.54) is 12.1 Å². The lowest BCUT2D eigenvalue weighted by molar-refractivity contribution is 0.625. The van der Waals surface area contributed by atoms with Gasteiger partial charge in [-0.15, -0.1) is 0 Å². The van der Waals surface area contributed by atoms with Crippen LogP contribution in [0.2, 0.25) is 0 Å². The minimum absolute atomic E-state index is 0.218. The second-order valence-electron chi connectivity index (χ2n) is 2.59. The third-order valence-electron chi connectivity index (χ3n) is 1.74. The molecule has 1 nitrogen and oxygen atoms in total. The van der Waals surface area contributed by atoms with E-state index in [4.69, 9.17) is 5.73 Å². The van der Waals surface area contributed by atoms with E-state index in [2.05, 4.69) is 6.58 Å². The van der Waals surface area contributed by atoms with Gasteiger partial charge in [0.25, 0.3) is 0 Å². The summed E-state index contributed by atoms with van der Waals surface area (Å²) in [6.45, 7) is 4.17. The first kappa shape index (κ1) is 8.94. The predicted octanol–water partition coefficient (Wildman–Crippen LogP) is 1.97. The van der Waals surface area contributed by atoms with Gasteiger partial charge in [-0.2, -0.15) is 0 Å². The highest BCUT2D eigenvalue weighted by atomic mass is 19.1. The van der Waals surface area contributed by atoms with Crippen LogP contribution in [0.1, 0.15) is 11.1 Å². The van der Waals surface area contributed by atoms with E-state index in [0.29, 0.717) is 13.0 Å². The first-order chi connectivity index (χ1) is 5.77. The lowest BCUT2D eigenvalue weighted by Gasteiger charge is -2.03. The third kappa shape index (κ3) is 1.92. The molecule has 0 spiro atoms. The van der Waals surface area contributed by atoms with Crippen LogP contribution in [-0.4, -0.2) is 6.54 Å². The molecule has 2 heteroatoms. The monoisotopic (exact) mass is 165 g/mol. The summed E-state index contributed by atoms with van der Waals surface area (Å²) in [4.78, 5) is 0. The molecule has 0 fully saturated rings. The molecule has 0 heterocycles. The highest BCUT2D eigenvalue weighted by Gasteiger charge is 1.99. The van der Waals surface area contributed by atoms with E-state index in [0.717, 1.165) is 11.1 Å². The largest absolute Gasteiger partial charge is 0.330 e. The van der Waals surface area contributed by atoms with Crippen molar-refractivity contribution in [2.75, 3.05) is 6.54 Å². The average Bonchev–Trinajstić information content (AvgIpc) is 2.05. The van der Waals surface area contributed by atoms with Crippen molar-refractivity contribution in [3.8, 4) is 0 Å². The fourth-order valence-corrected chi connectivity index (χ4v) is 1.15. The highest BCUT2D eigenvalue weighted by Crippen LogP contribution is 2.12. The number of halogens is 1. The standard InChI is InChI=1S/C10H12FN/c1-2-8-3-4-10(11)7-9(8)5-6-12/h2-4,7H,1,5-6,12H2. The quantitative estimate of drug-likeness (QED) is 0.728. The van der Waals surface area contributed by atoms with Gasteiger partial charge in [-0.05, 0) is 36.2 Å². The molecule has 64 valence electrons. The molecule has 0 bridgehead atoms. The molecule has 1 aromatic rings. The van der Waals surface area contributed by atoms with Crippen LogP contribution in [0.4, 0.5) is 4.39 Å². The fraction of sp³-hybridized carbons (Fsp3) is 0.200. The highest BCUT2D eigenvalue weighted by molar-refractivity contribution is 5.51. The van der Waals surface area contributed by atoms with Crippen molar-refractivity contribution in [3.63, 3.8) is 0 Å². The van der Waals surface area contributed by atoms with Gasteiger partial charge in [-0.3, -0.25) is 0 Å². The van der Waals surface area contributed by atoms with Crippen molar-refractivity contribution < 1.29 is 4.39 Å². The van der Waals surface area contributed by atoms with Gasteiger partial charge in [-0.1, -0.05) is 18.7 Å². The predicted molar refractivity (Wildman–Crippen MR) is 49.2 cm³/mol. The molecule has 1 aromatic carbocycles. The summed E-state index contributed by atoms with van der Waals surface area (Å²) >= 11 is 0. The van der Waals surface area contributed by atoms with Crippen LogP contribution in [0.15, 0.2) is 24.8 Å². The maximum Gasteiger partial charge on any atom is 0.123 e. The molecule has 0 amide bonds. The summed E-state index contributed by atoms with van der Waals surface area (Å²) in [5, 5.41) is 0. The fourth-order valence-electron chi connectivity index (χ4n) is 1.15. The Bertz CT molecular complexity index is 281. The van der Waals surface area contributed by atoms with Crippen molar-refractivity contribution in [3.05, 3.63) is 41.7 Å². The van der Waals surface area contributed by atoms with Crippen molar-refractivity contribution in [2.24, 2.45) is 5.73 Å². The summed E-state index contributed by atoms with van der Waals surface area (Å²) in [7, 11) is 0. The van der Waals surface area contributed by atoms with Crippen molar-refractivity contribution in [1.82, 2.24) is 0 Å². The average molecular weight is 165 g/mol. The number of hydrogen-bond acceptors (Lipinski definition) is 1. The van der Waals surface area contributed by atoms with Crippen LogP contribution < -0.4 is 5.73 Å². The van der Waals surface area contributed by atoms with E-state index in [1.54, 1.807) is 12.1 Å². The molecule has 0 unspecified atom stereocenters. The molecule has 2 N–H and O–H groups in total. The Labute approximate surface area is 71.7 Å². The molecular formula is C10H12FN. The van der Waals surface area contributed by atoms with E-state index >= 15 is 0 Å². The number of hydrogen-bond donors (Lipinski definition) is 1.